The lowest BCUT2D eigenvalue weighted by atomic mass is 9.87. The molecule has 2 atom stereocenters. The number of benzene rings is 1. The second-order valence-corrected chi connectivity index (χ2v) is 6.55. The number of hydrogen-bond acceptors (Lipinski definition) is 3. The molecule has 3 rings (SSSR count). The van der Waals surface area contributed by atoms with Crippen LogP contribution in [0.3, 0.4) is 0 Å². The van der Waals surface area contributed by atoms with Crippen molar-refractivity contribution in [2.45, 2.75) is 32.4 Å². The van der Waals surface area contributed by atoms with Crippen LogP contribution in [0.1, 0.15) is 25.3 Å². The molecule has 4 nitrogen and oxygen atoms in total. The molecule has 0 aliphatic carbocycles. The summed E-state index contributed by atoms with van der Waals surface area (Å²) in [4.78, 5) is 14.9. The second-order valence-electron chi connectivity index (χ2n) is 6.55. The van der Waals surface area contributed by atoms with Crippen LogP contribution < -0.4 is 5.32 Å². The topological polar surface area (TPSA) is 41.6 Å². The molecule has 0 bridgehead atoms. The summed E-state index contributed by atoms with van der Waals surface area (Å²) in [6.07, 6.45) is 2.39. The van der Waals surface area contributed by atoms with Gasteiger partial charge in [-0.2, -0.15) is 0 Å². The van der Waals surface area contributed by atoms with Crippen molar-refractivity contribution in [3.8, 4) is 0 Å². The lowest BCUT2D eigenvalue weighted by Gasteiger charge is -2.35. The van der Waals surface area contributed by atoms with Gasteiger partial charge in [0.15, 0.2) is 0 Å². The zero-order chi connectivity index (χ0) is 15.4. The molecule has 4 heteroatoms. The van der Waals surface area contributed by atoms with Gasteiger partial charge < -0.3 is 15.0 Å². The first kappa shape index (κ1) is 15.5. The normalized spacial score (nSPS) is 23.0. The van der Waals surface area contributed by atoms with E-state index in [1.54, 1.807) is 0 Å². The molecule has 120 valence electrons. The van der Waals surface area contributed by atoms with Gasteiger partial charge in [-0.05, 0) is 37.4 Å². The second kappa shape index (κ2) is 7.25. The Morgan fingerprint density at radius 2 is 2.14 bits per heavy atom. The molecule has 22 heavy (non-hydrogen) atoms. The van der Waals surface area contributed by atoms with Crippen molar-refractivity contribution in [1.82, 2.24) is 10.2 Å². The van der Waals surface area contributed by atoms with E-state index in [9.17, 15) is 4.79 Å². The first-order valence-electron chi connectivity index (χ1n) is 8.39. The first-order valence-corrected chi connectivity index (χ1v) is 8.39. The molecule has 1 N–H and O–H groups in total. The van der Waals surface area contributed by atoms with Crippen LogP contribution in [-0.4, -0.2) is 43.2 Å². The van der Waals surface area contributed by atoms with Gasteiger partial charge >= 0.3 is 0 Å². The van der Waals surface area contributed by atoms with Gasteiger partial charge in [-0.1, -0.05) is 37.3 Å². The fraction of sp³-hybridized carbons (Fsp3) is 0.611. The lowest BCUT2D eigenvalue weighted by molar-refractivity contribution is -0.139. The van der Waals surface area contributed by atoms with Crippen LogP contribution in [0.2, 0.25) is 0 Å². The number of nitrogens with zero attached hydrogens (tertiary/aromatic N) is 1. The number of carbonyl (C=O) groups excluding carboxylic acids is 1. The van der Waals surface area contributed by atoms with Crippen LogP contribution in [0.4, 0.5) is 0 Å². The maximum absolute atomic E-state index is 12.9. The molecule has 1 aromatic carbocycles. The highest BCUT2D eigenvalue weighted by Crippen LogP contribution is 2.22. The molecule has 0 aromatic heterocycles. The van der Waals surface area contributed by atoms with Crippen LogP contribution in [-0.2, 0) is 16.1 Å². The Hall–Kier alpha value is -1.39. The standard InChI is InChI=1S/C18H26N2O2/c1-14(16-10-19-11-16)18(21)20(13-17-8-5-9-22-17)12-15-6-3-2-4-7-15/h2-4,6-7,14,16-17,19H,5,8-13H2,1H3. The van der Waals surface area contributed by atoms with Crippen LogP contribution in [0.25, 0.3) is 0 Å². The summed E-state index contributed by atoms with van der Waals surface area (Å²) in [6, 6.07) is 10.3. The van der Waals surface area contributed by atoms with E-state index >= 15 is 0 Å². The summed E-state index contributed by atoms with van der Waals surface area (Å²) in [7, 11) is 0. The SMILES string of the molecule is CC(C(=O)N(Cc1ccccc1)CC1CCCO1)C1CNC1. The van der Waals surface area contributed by atoms with Gasteiger partial charge in [0.05, 0.1) is 6.10 Å². The summed E-state index contributed by atoms with van der Waals surface area (Å²) in [5, 5.41) is 3.26. The Morgan fingerprint density at radius 3 is 2.73 bits per heavy atom. The predicted molar refractivity (Wildman–Crippen MR) is 86.4 cm³/mol. The minimum absolute atomic E-state index is 0.0892. The van der Waals surface area contributed by atoms with E-state index in [1.807, 2.05) is 23.1 Å². The fourth-order valence-electron chi connectivity index (χ4n) is 3.22. The molecule has 2 aliphatic rings. The largest absolute Gasteiger partial charge is 0.376 e. The van der Waals surface area contributed by atoms with Crippen molar-refractivity contribution in [2.75, 3.05) is 26.2 Å². The number of nitrogens with one attached hydrogen (secondary N) is 1. The molecule has 2 heterocycles. The number of hydrogen-bond donors (Lipinski definition) is 1. The molecule has 1 amide bonds. The van der Waals surface area contributed by atoms with Crippen LogP contribution in [0.15, 0.2) is 30.3 Å². The van der Waals surface area contributed by atoms with Gasteiger partial charge in [-0.25, -0.2) is 0 Å². The molecule has 0 saturated carbocycles. The molecule has 2 aliphatic heterocycles. The minimum atomic E-state index is 0.0892. The predicted octanol–water partition coefficient (Wildman–Crippen LogP) is 2.05. The van der Waals surface area contributed by atoms with E-state index < -0.39 is 0 Å². The summed E-state index contributed by atoms with van der Waals surface area (Å²) in [5.41, 5.74) is 1.19. The Morgan fingerprint density at radius 1 is 1.36 bits per heavy atom. The Bertz CT molecular complexity index is 481. The summed E-state index contributed by atoms with van der Waals surface area (Å²) < 4.78 is 5.75. The molecular weight excluding hydrogens is 276 g/mol. The van der Waals surface area contributed by atoms with E-state index in [0.29, 0.717) is 12.5 Å². The lowest BCUT2D eigenvalue weighted by Crippen LogP contribution is -2.51. The molecule has 2 unspecified atom stereocenters. The van der Waals surface area contributed by atoms with Gasteiger partial charge in [0.2, 0.25) is 5.91 Å². The highest BCUT2D eigenvalue weighted by Gasteiger charge is 2.33. The number of carbonyl (C=O) groups is 1. The van der Waals surface area contributed by atoms with Crippen molar-refractivity contribution < 1.29 is 9.53 Å². The third kappa shape index (κ3) is 3.68. The van der Waals surface area contributed by atoms with E-state index in [1.165, 1.54) is 5.56 Å². The van der Waals surface area contributed by atoms with Crippen molar-refractivity contribution in [2.24, 2.45) is 11.8 Å². The van der Waals surface area contributed by atoms with E-state index in [4.69, 9.17) is 4.74 Å². The van der Waals surface area contributed by atoms with E-state index in [-0.39, 0.29) is 17.9 Å². The van der Waals surface area contributed by atoms with Crippen molar-refractivity contribution in [1.29, 1.82) is 0 Å². The highest BCUT2D eigenvalue weighted by atomic mass is 16.5. The fourth-order valence-corrected chi connectivity index (χ4v) is 3.22. The average molecular weight is 302 g/mol. The molecular formula is C18H26N2O2. The van der Waals surface area contributed by atoms with Crippen molar-refractivity contribution in [3.63, 3.8) is 0 Å². The smallest absolute Gasteiger partial charge is 0.226 e. The maximum Gasteiger partial charge on any atom is 0.226 e. The molecule has 2 saturated heterocycles. The van der Waals surface area contributed by atoms with Gasteiger partial charge in [-0.15, -0.1) is 0 Å². The Balaban J connectivity index is 1.67. The zero-order valence-electron chi connectivity index (χ0n) is 13.3. The molecule has 2 fully saturated rings. The van der Waals surface area contributed by atoms with E-state index in [2.05, 4.69) is 24.4 Å². The zero-order valence-corrected chi connectivity index (χ0v) is 13.3. The quantitative estimate of drug-likeness (QED) is 0.874. The summed E-state index contributed by atoms with van der Waals surface area (Å²) in [5.74, 6) is 0.840. The van der Waals surface area contributed by atoms with Gasteiger partial charge in [0, 0.05) is 25.6 Å². The summed E-state index contributed by atoms with van der Waals surface area (Å²) >= 11 is 0. The molecule has 0 spiro atoms. The minimum Gasteiger partial charge on any atom is -0.376 e. The summed E-state index contributed by atoms with van der Waals surface area (Å²) in [6.45, 7) is 6.24. The van der Waals surface area contributed by atoms with Gasteiger partial charge in [0.1, 0.15) is 0 Å². The Kier molecular flexibility index (Phi) is 5.11. The maximum atomic E-state index is 12.9. The number of ether oxygens (including phenoxy) is 1. The number of amides is 1. The average Bonchev–Trinajstić information content (AvgIpc) is 2.98. The molecule has 1 aromatic rings. The van der Waals surface area contributed by atoms with Gasteiger partial charge in [-0.3, -0.25) is 4.79 Å². The first-order chi connectivity index (χ1) is 10.7. The third-order valence-corrected chi connectivity index (χ3v) is 4.89. The van der Waals surface area contributed by atoms with Crippen molar-refractivity contribution in [3.05, 3.63) is 35.9 Å². The van der Waals surface area contributed by atoms with Crippen molar-refractivity contribution >= 4 is 5.91 Å². The van der Waals surface area contributed by atoms with Crippen LogP contribution in [0.5, 0.6) is 0 Å². The van der Waals surface area contributed by atoms with Crippen LogP contribution >= 0.6 is 0 Å². The van der Waals surface area contributed by atoms with E-state index in [0.717, 1.165) is 39.1 Å². The van der Waals surface area contributed by atoms with Gasteiger partial charge in [0.25, 0.3) is 0 Å². The Labute approximate surface area is 132 Å². The number of rotatable bonds is 6. The molecule has 0 radical (unpaired) electrons. The van der Waals surface area contributed by atoms with Crippen LogP contribution in [0, 0.1) is 11.8 Å². The third-order valence-electron chi connectivity index (χ3n) is 4.89. The monoisotopic (exact) mass is 302 g/mol. The highest BCUT2D eigenvalue weighted by molar-refractivity contribution is 5.79.